The van der Waals surface area contributed by atoms with Gasteiger partial charge in [0, 0.05) is 6.20 Å². The first-order valence-corrected chi connectivity index (χ1v) is 7.66. The Bertz CT molecular complexity index is 759. The standard InChI is InChI=1S/C17H18BNO4/c1-16(2)17(3,4)23-18(22-16)11-7-8-12-14(10-11)20-13-6-5-9-19-15(13)21-12/h5-10H,1-4H3. The fraction of sp³-hybridized carbons (Fsp3) is 0.353. The van der Waals surface area contributed by atoms with Gasteiger partial charge in [-0.25, -0.2) is 4.98 Å². The van der Waals surface area contributed by atoms with Crippen molar-refractivity contribution in [2.45, 2.75) is 38.9 Å². The minimum atomic E-state index is -0.427. The van der Waals surface area contributed by atoms with Crippen LogP contribution in [-0.2, 0) is 9.31 Å². The zero-order valence-electron chi connectivity index (χ0n) is 13.6. The fourth-order valence-electron chi connectivity index (χ4n) is 2.57. The van der Waals surface area contributed by atoms with Gasteiger partial charge in [0.25, 0.3) is 5.88 Å². The molecule has 0 atom stereocenters. The fourth-order valence-corrected chi connectivity index (χ4v) is 2.57. The van der Waals surface area contributed by atoms with E-state index in [0.29, 0.717) is 23.1 Å². The average Bonchev–Trinajstić information content (AvgIpc) is 2.73. The lowest BCUT2D eigenvalue weighted by atomic mass is 9.79. The van der Waals surface area contributed by atoms with Gasteiger partial charge >= 0.3 is 7.12 Å². The minimum absolute atomic E-state index is 0.374. The smallest absolute Gasteiger partial charge is 0.448 e. The normalized spacial score (nSPS) is 20.3. The Morgan fingerprint density at radius 3 is 2.35 bits per heavy atom. The van der Waals surface area contributed by atoms with E-state index in [-0.39, 0.29) is 11.2 Å². The van der Waals surface area contributed by atoms with Crippen LogP contribution >= 0.6 is 0 Å². The lowest BCUT2D eigenvalue weighted by Gasteiger charge is -2.32. The van der Waals surface area contributed by atoms with Crippen molar-refractivity contribution in [2.75, 3.05) is 0 Å². The SMILES string of the molecule is CC1(C)OB(c2ccc3c(c2)Oc2cccnc2O3)OC1(C)C. The Balaban J connectivity index is 1.65. The zero-order valence-corrected chi connectivity index (χ0v) is 13.6. The highest BCUT2D eigenvalue weighted by Gasteiger charge is 2.51. The van der Waals surface area contributed by atoms with Crippen molar-refractivity contribution in [1.29, 1.82) is 0 Å². The summed E-state index contributed by atoms with van der Waals surface area (Å²) in [6, 6.07) is 9.32. The summed E-state index contributed by atoms with van der Waals surface area (Å²) in [5.74, 6) is 2.35. The van der Waals surface area contributed by atoms with Gasteiger partial charge in [0.15, 0.2) is 17.2 Å². The molecule has 1 saturated heterocycles. The van der Waals surface area contributed by atoms with Crippen LogP contribution in [0.3, 0.4) is 0 Å². The summed E-state index contributed by atoms with van der Waals surface area (Å²) >= 11 is 0. The van der Waals surface area contributed by atoms with Gasteiger partial charge in [-0.1, -0.05) is 6.07 Å². The Hall–Kier alpha value is -2.05. The maximum absolute atomic E-state index is 6.08. The third-order valence-corrected chi connectivity index (χ3v) is 4.66. The number of pyridine rings is 1. The summed E-state index contributed by atoms with van der Waals surface area (Å²) in [6.07, 6.45) is 1.67. The highest BCUT2D eigenvalue weighted by molar-refractivity contribution is 6.62. The number of rotatable bonds is 1. The van der Waals surface area contributed by atoms with Crippen molar-refractivity contribution in [1.82, 2.24) is 4.98 Å². The third-order valence-electron chi connectivity index (χ3n) is 4.66. The van der Waals surface area contributed by atoms with E-state index >= 15 is 0 Å². The molecule has 0 N–H and O–H groups in total. The Morgan fingerprint density at radius 1 is 0.870 bits per heavy atom. The predicted octanol–water partition coefficient (Wildman–Crippen LogP) is 3.28. The average molecular weight is 311 g/mol. The maximum Gasteiger partial charge on any atom is 0.494 e. The zero-order chi connectivity index (χ0) is 16.2. The number of fused-ring (bicyclic) bond motifs is 2. The molecule has 0 unspecified atom stereocenters. The topological polar surface area (TPSA) is 49.8 Å². The van der Waals surface area contributed by atoms with Gasteiger partial charge < -0.3 is 18.8 Å². The summed E-state index contributed by atoms with van der Waals surface area (Å²) in [5.41, 5.74) is 0.154. The van der Waals surface area contributed by atoms with Gasteiger partial charge in [-0.2, -0.15) is 0 Å². The van der Waals surface area contributed by atoms with Crippen LogP contribution in [0.5, 0.6) is 23.1 Å². The van der Waals surface area contributed by atoms with Crippen LogP contribution in [0, 0.1) is 0 Å². The van der Waals surface area contributed by atoms with Crippen LogP contribution < -0.4 is 14.9 Å². The molecule has 0 bridgehead atoms. The van der Waals surface area contributed by atoms with Gasteiger partial charge in [-0.15, -0.1) is 0 Å². The molecule has 1 fully saturated rings. The summed E-state index contributed by atoms with van der Waals surface area (Å²) in [7, 11) is -0.427. The molecule has 6 heteroatoms. The molecule has 1 aromatic heterocycles. The van der Waals surface area contributed by atoms with Gasteiger partial charge in [-0.05, 0) is 57.4 Å². The Morgan fingerprint density at radius 2 is 1.61 bits per heavy atom. The predicted molar refractivity (Wildman–Crippen MR) is 86.5 cm³/mol. The molecular formula is C17H18BNO4. The van der Waals surface area contributed by atoms with E-state index < -0.39 is 7.12 Å². The van der Waals surface area contributed by atoms with Crippen molar-refractivity contribution in [3.63, 3.8) is 0 Å². The van der Waals surface area contributed by atoms with Crippen LogP contribution in [0.15, 0.2) is 36.5 Å². The number of hydrogen-bond acceptors (Lipinski definition) is 5. The molecule has 4 rings (SSSR count). The van der Waals surface area contributed by atoms with Crippen molar-refractivity contribution in [3.05, 3.63) is 36.5 Å². The van der Waals surface area contributed by atoms with E-state index in [0.717, 1.165) is 5.46 Å². The van der Waals surface area contributed by atoms with E-state index in [1.165, 1.54) is 0 Å². The van der Waals surface area contributed by atoms with Crippen LogP contribution in [-0.4, -0.2) is 23.3 Å². The second-order valence-corrected chi connectivity index (χ2v) is 6.81. The van der Waals surface area contributed by atoms with Crippen LogP contribution in [0.1, 0.15) is 27.7 Å². The van der Waals surface area contributed by atoms with Gasteiger partial charge in [0.1, 0.15) is 0 Å². The van der Waals surface area contributed by atoms with Crippen LogP contribution in [0.2, 0.25) is 0 Å². The molecule has 2 aromatic rings. The molecule has 118 valence electrons. The summed E-state index contributed by atoms with van der Waals surface area (Å²) in [4.78, 5) is 4.16. The molecule has 0 amide bonds. The molecule has 0 saturated carbocycles. The largest absolute Gasteiger partial charge is 0.494 e. The van der Waals surface area contributed by atoms with E-state index in [4.69, 9.17) is 18.8 Å². The van der Waals surface area contributed by atoms with E-state index in [1.54, 1.807) is 6.20 Å². The Kier molecular flexibility index (Phi) is 2.99. The molecule has 0 aliphatic carbocycles. The maximum atomic E-state index is 6.08. The number of nitrogens with zero attached hydrogens (tertiary/aromatic N) is 1. The minimum Gasteiger partial charge on any atom is -0.448 e. The molecule has 2 aliphatic rings. The molecule has 5 nitrogen and oxygen atoms in total. The van der Waals surface area contributed by atoms with Crippen molar-refractivity contribution in [3.8, 4) is 23.1 Å². The van der Waals surface area contributed by atoms with Crippen molar-refractivity contribution in [2.24, 2.45) is 0 Å². The van der Waals surface area contributed by atoms with Gasteiger partial charge in [0.2, 0.25) is 0 Å². The van der Waals surface area contributed by atoms with Crippen LogP contribution in [0.4, 0.5) is 0 Å². The highest BCUT2D eigenvalue weighted by Crippen LogP contribution is 2.43. The van der Waals surface area contributed by atoms with Gasteiger partial charge in [0.05, 0.1) is 11.2 Å². The van der Waals surface area contributed by atoms with E-state index in [9.17, 15) is 0 Å². The van der Waals surface area contributed by atoms with Crippen molar-refractivity contribution < 1.29 is 18.8 Å². The van der Waals surface area contributed by atoms with E-state index in [2.05, 4.69) is 4.98 Å². The van der Waals surface area contributed by atoms with Crippen molar-refractivity contribution >= 4 is 12.6 Å². The lowest BCUT2D eigenvalue weighted by molar-refractivity contribution is 0.00578. The first-order chi connectivity index (χ1) is 10.9. The first-order valence-electron chi connectivity index (χ1n) is 7.66. The molecule has 23 heavy (non-hydrogen) atoms. The molecule has 1 aromatic carbocycles. The summed E-state index contributed by atoms with van der Waals surface area (Å²) in [5, 5.41) is 0. The number of benzene rings is 1. The molecule has 0 radical (unpaired) electrons. The Labute approximate surface area is 135 Å². The quantitative estimate of drug-likeness (QED) is 0.646. The number of hydrogen-bond donors (Lipinski definition) is 0. The second-order valence-electron chi connectivity index (χ2n) is 6.81. The van der Waals surface area contributed by atoms with Gasteiger partial charge in [-0.3, -0.25) is 0 Å². The molecular weight excluding hydrogens is 293 g/mol. The van der Waals surface area contributed by atoms with Crippen LogP contribution in [0.25, 0.3) is 0 Å². The third kappa shape index (κ3) is 2.29. The number of aromatic nitrogens is 1. The molecule has 2 aliphatic heterocycles. The molecule has 0 spiro atoms. The summed E-state index contributed by atoms with van der Waals surface area (Å²) < 4.78 is 23.8. The summed E-state index contributed by atoms with van der Waals surface area (Å²) in [6.45, 7) is 8.14. The first kappa shape index (κ1) is 14.5. The second kappa shape index (κ2) is 4.72. The number of ether oxygens (including phenoxy) is 2. The highest BCUT2D eigenvalue weighted by atomic mass is 16.7. The monoisotopic (exact) mass is 311 g/mol. The van der Waals surface area contributed by atoms with E-state index in [1.807, 2.05) is 58.0 Å². The molecule has 3 heterocycles. The lowest BCUT2D eigenvalue weighted by Crippen LogP contribution is -2.41.